The molecule has 0 aliphatic heterocycles. The third-order valence-corrected chi connectivity index (χ3v) is 1.41. The maximum absolute atomic E-state index is 9.00. The van der Waals surface area contributed by atoms with Crippen LogP contribution in [0.15, 0.2) is 12.4 Å². The minimum atomic E-state index is -0.833. The molecule has 0 saturated carbocycles. The highest BCUT2D eigenvalue weighted by Gasteiger charge is 2.04. The molecule has 0 radical (unpaired) electrons. The number of carboxylic acid groups (broad SMARTS) is 1. The molecule has 0 saturated heterocycles. The van der Waals surface area contributed by atoms with Crippen molar-refractivity contribution in [3.63, 3.8) is 0 Å². The van der Waals surface area contributed by atoms with Gasteiger partial charge in [0.25, 0.3) is 5.97 Å². The van der Waals surface area contributed by atoms with Gasteiger partial charge in [0.1, 0.15) is 5.82 Å². The van der Waals surface area contributed by atoms with E-state index >= 15 is 0 Å². The van der Waals surface area contributed by atoms with E-state index < -0.39 is 5.97 Å². The molecule has 5 heteroatoms. The fraction of sp³-hybridized carbons (Fsp3) is 0.500. The predicted molar refractivity (Wildman–Crippen MR) is 50.8 cm³/mol. The van der Waals surface area contributed by atoms with Gasteiger partial charge in [-0.2, -0.15) is 0 Å². The Hall–Kier alpha value is -1.03. The van der Waals surface area contributed by atoms with Gasteiger partial charge in [-0.1, -0.05) is 0 Å². The minimum absolute atomic E-state index is 0.00463. The van der Waals surface area contributed by atoms with Crippen LogP contribution in [0, 0.1) is 0 Å². The van der Waals surface area contributed by atoms with Crippen LogP contribution in [0.25, 0.3) is 0 Å². The molecule has 1 aromatic heterocycles. The van der Waals surface area contributed by atoms with Crippen molar-refractivity contribution >= 4 is 17.6 Å². The van der Waals surface area contributed by atoms with Gasteiger partial charge in [-0.3, -0.25) is 4.79 Å². The lowest BCUT2D eigenvalue weighted by atomic mass is 10.4. The molecule has 1 rings (SSSR count). The van der Waals surface area contributed by atoms with Crippen LogP contribution in [-0.4, -0.2) is 20.6 Å². The summed E-state index contributed by atoms with van der Waals surface area (Å²) in [5, 5.41) is 7.42. The number of aromatic nitrogens is 2. The van der Waals surface area contributed by atoms with Crippen LogP contribution in [0.1, 0.15) is 25.0 Å². The minimum Gasteiger partial charge on any atom is -0.481 e. The number of hydrogen-bond acceptors (Lipinski definition) is 2. The zero-order valence-electron chi connectivity index (χ0n) is 7.86. The molecule has 1 aromatic rings. The second-order valence-corrected chi connectivity index (χ2v) is 3.19. The summed E-state index contributed by atoms with van der Waals surface area (Å²) in [5.74, 6) is 0.0802. The number of carbonyl (C=O) groups is 1. The van der Waals surface area contributed by atoms with Crippen molar-refractivity contribution in [2.24, 2.45) is 7.05 Å². The van der Waals surface area contributed by atoms with Crippen molar-refractivity contribution in [2.75, 3.05) is 0 Å². The van der Waals surface area contributed by atoms with E-state index in [0.29, 0.717) is 0 Å². The Morgan fingerprint density at radius 2 is 2.23 bits per heavy atom. The normalized spacial score (nSPS) is 11.4. The Labute approximate surface area is 82.2 Å². The van der Waals surface area contributed by atoms with E-state index in [1.54, 1.807) is 6.20 Å². The molecule has 13 heavy (non-hydrogen) atoms. The molecule has 0 bridgehead atoms. The number of alkyl halides is 1. The summed E-state index contributed by atoms with van der Waals surface area (Å²) in [6.45, 7) is 2.99. The fourth-order valence-corrected chi connectivity index (χ4v) is 0.971. The fourth-order valence-electron chi connectivity index (χ4n) is 0.760. The van der Waals surface area contributed by atoms with Gasteiger partial charge in [0.15, 0.2) is 0 Å². The molecule has 1 N–H and O–H groups in total. The predicted octanol–water partition coefficient (Wildman–Crippen LogP) is 1.81. The quantitative estimate of drug-likeness (QED) is 0.710. The lowest BCUT2D eigenvalue weighted by molar-refractivity contribution is -0.134. The Bertz CT molecular complexity index is 267. The van der Waals surface area contributed by atoms with Crippen molar-refractivity contribution in [2.45, 2.75) is 19.2 Å². The highest BCUT2D eigenvalue weighted by Crippen LogP contribution is 2.15. The highest BCUT2D eigenvalue weighted by molar-refractivity contribution is 6.20. The topological polar surface area (TPSA) is 55.1 Å². The second kappa shape index (κ2) is 5.59. The average Bonchev–Trinajstić information content (AvgIpc) is 2.33. The molecule has 1 atom stereocenters. The number of halogens is 1. The van der Waals surface area contributed by atoms with Crippen molar-refractivity contribution in [1.82, 2.24) is 9.55 Å². The smallest absolute Gasteiger partial charge is 0.300 e. The van der Waals surface area contributed by atoms with E-state index in [2.05, 4.69) is 4.98 Å². The first-order chi connectivity index (χ1) is 5.95. The zero-order valence-corrected chi connectivity index (χ0v) is 8.62. The SMILES string of the molecule is CC(=O)O.CC(Cl)c1nccn1C. The Morgan fingerprint density at radius 3 is 2.38 bits per heavy atom. The third kappa shape index (κ3) is 5.25. The van der Waals surface area contributed by atoms with Gasteiger partial charge in [-0.15, -0.1) is 11.6 Å². The molecule has 0 spiro atoms. The van der Waals surface area contributed by atoms with Crippen molar-refractivity contribution in [3.8, 4) is 0 Å². The first-order valence-corrected chi connectivity index (χ1v) is 4.19. The number of hydrogen-bond donors (Lipinski definition) is 1. The van der Waals surface area contributed by atoms with Gasteiger partial charge < -0.3 is 9.67 Å². The van der Waals surface area contributed by atoms with E-state index in [9.17, 15) is 0 Å². The second-order valence-electron chi connectivity index (χ2n) is 2.53. The first-order valence-electron chi connectivity index (χ1n) is 3.76. The summed E-state index contributed by atoms with van der Waals surface area (Å²) in [4.78, 5) is 13.0. The van der Waals surface area contributed by atoms with Gasteiger partial charge in [-0.25, -0.2) is 4.98 Å². The van der Waals surface area contributed by atoms with E-state index in [0.717, 1.165) is 12.7 Å². The molecule has 1 heterocycles. The Kier molecular flexibility index (Phi) is 5.14. The van der Waals surface area contributed by atoms with Crippen LogP contribution >= 0.6 is 11.6 Å². The molecular weight excluding hydrogens is 192 g/mol. The highest BCUT2D eigenvalue weighted by atomic mass is 35.5. The molecule has 0 fully saturated rings. The Balaban J connectivity index is 0.000000310. The maximum Gasteiger partial charge on any atom is 0.300 e. The third-order valence-electron chi connectivity index (χ3n) is 1.21. The summed E-state index contributed by atoms with van der Waals surface area (Å²) in [6, 6.07) is 0. The Morgan fingerprint density at radius 1 is 1.77 bits per heavy atom. The lowest BCUT2D eigenvalue weighted by Crippen LogP contribution is -1.96. The summed E-state index contributed by atoms with van der Waals surface area (Å²) in [6.07, 6.45) is 3.63. The molecular formula is C8H13ClN2O2. The van der Waals surface area contributed by atoms with E-state index in [4.69, 9.17) is 21.5 Å². The molecule has 0 amide bonds. The van der Waals surface area contributed by atoms with Crippen LogP contribution in [0.4, 0.5) is 0 Å². The lowest BCUT2D eigenvalue weighted by Gasteiger charge is -2.00. The van der Waals surface area contributed by atoms with Crippen LogP contribution in [0.5, 0.6) is 0 Å². The monoisotopic (exact) mass is 204 g/mol. The molecule has 4 nitrogen and oxygen atoms in total. The average molecular weight is 205 g/mol. The molecule has 0 aliphatic carbocycles. The largest absolute Gasteiger partial charge is 0.481 e. The summed E-state index contributed by atoms with van der Waals surface area (Å²) < 4.78 is 1.91. The van der Waals surface area contributed by atoms with E-state index in [1.807, 2.05) is 24.7 Å². The number of carboxylic acids is 1. The van der Waals surface area contributed by atoms with Gasteiger partial charge >= 0.3 is 0 Å². The summed E-state index contributed by atoms with van der Waals surface area (Å²) in [5.41, 5.74) is 0. The van der Waals surface area contributed by atoms with Crippen LogP contribution in [0.2, 0.25) is 0 Å². The van der Waals surface area contributed by atoms with Crippen LogP contribution < -0.4 is 0 Å². The van der Waals surface area contributed by atoms with Gasteiger partial charge in [-0.05, 0) is 6.92 Å². The molecule has 74 valence electrons. The van der Waals surface area contributed by atoms with E-state index in [1.165, 1.54) is 0 Å². The number of rotatable bonds is 1. The van der Waals surface area contributed by atoms with E-state index in [-0.39, 0.29) is 5.38 Å². The molecule has 0 aliphatic rings. The summed E-state index contributed by atoms with van der Waals surface area (Å²) >= 11 is 5.77. The standard InChI is InChI=1S/C6H9ClN2.C2H4O2/c1-5(7)6-8-3-4-9(6)2;1-2(3)4/h3-5H,1-2H3;1H3,(H,3,4). The van der Waals surface area contributed by atoms with Gasteiger partial charge in [0, 0.05) is 26.4 Å². The number of nitrogens with zero attached hydrogens (tertiary/aromatic N) is 2. The van der Waals surface area contributed by atoms with Crippen LogP contribution in [-0.2, 0) is 11.8 Å². The number of imidazole rings is 1. The molecule has 1 unspecified atom stereocenters. The van der Waals surface area contributed by atoms with Crippen molar-refractivity contribution in [3.05, 3.63) is 18.2 Å². The van der Waals surface area contributed by atoms with Crippen molar-refractivity contribution in [1.29, 1.82) is 0 Å². The van der Waals surface area contributed by atoms with Crippen molar-refractivity contribution < 1.29 is 9.90 Å². The molecule has 0 aromatic carbocycles. The summed E-state index contributed by atoms with van der Waals surface area (Å²) in [7, 11) is 1.93. The maximum atomic E-state index is 9.00. The first kappa shape index (κ1) is 12.0. The van der Waals surface area contributed by atoms with Gasteiger partial charge in [0.2, 0.25) is 0 Å². The number of aliphatic carboxylic acids is 1. The van der Waals surface area contributed by atoms with Crippen LogP contribution in [0.3, 0.4) is 0 Å². The zero-order chi connectivity index (χ0) is 10.4. The van der Waals surface area contributed by atoms with Gasteiger partial charge in [0.05, 0.1) is 5.38 Å². The number of aryl methyl sites for hydroxylation is 1.